The third-order valence-electron chi connectivity index (χ3n) is 5.94. The van der Waals surface area contributed by atoms with Gasteiger partial charge in [-0.3, -0.25) is 4.57 Å². The van der Waals surface area contributed by atoms with E-state index >= 15 is 0 Å². The van der Waals surface area contributed by atoms with Gasteiger partial charge in [-0.2, -0.15) is 0 Å². The second-order valence-corrected chi connectivity index (χ2v) is 10.9. The first-order valence-electron chi connectivity index (χ1n) is 9.96. The van der Waals surface area contributed by atoms with Gasteiger partial charge in [0, 0.05) is 11.6 Å². The van der Waals surface area contributed by atoms with Crippen molar-refractivity contribution in [3.05, 3.63) is 58.5 Å². The van der Waals surface area contributed by atoms with Gasteiger partial charge in [-0.05, 0) is 68.7 Å². The van der Waals surface area contributed by atoms with Crippen molar-refractivity contribution in [2.24, 2.45) is 0 Å². The van der Waals surface area contributed by atoms with Gasteiger partial charge in [0.15, 0.2) is 5.82 Å². The maximum Gasteiger partial charge on any atom is 0.236 e. The molecule has 3 heterocycles. The van der Waals surface area contributed by atoms with E-state index in [9.17, 15) is 12.8 Å². The molecule has 10 heteroatoms. The van der Waals surface area contributed by atoms with Gasteiger partial charge in [-0.1, -0.05) is 11.6 Å². The molecule has 0 aliphatic carbocycles. The number of aromatic nitrogens is 4. The largest absolute Gasteiger partial charge is 0.370 e. The molecule has 0 fully saturated rings. The van der Waals surface area contributed by atoms with Gasteiger partial charge in [0.1, 0.15) is 11.6 Å². The summed E-state index contributed by atoms with van der Waals surface area (Å²) in [6.45, 7) is 7.80. The van der Waals surface area contributed by atoms with Crippen LogP contribution in [0.5, 0.6) is 0 Å². The fraction of sp³-hybridized carbons (Fsp3) is 0.273. The summed E-state index contributed by atoms with van der Waals surface area (Å²) >= 11 is 6.74. The highest BCUT2D eigenvalue weighted by molar-refractivity contribution is 7.89. The van der Waals surface area contributed by atoms with Gasteiger partial charge in [0.2, 0.25) is 10.0 Å². The van der Waals surface area contributed by atoms with Gasteiger partial charge in [-0.15, -0.1) is 10.2 Å². The second kappa shape index (κ2) is 6.55. The summed E-state index contributed by atoms with van der Waals surface area (Å²) in [5.41, 5.74) is 3.42. The van der Waals surface area contributed by atoms with Crippen molar-refractivity contribution in [3.8, 4) is 16.8 Å². The molecule has 4 aromatic rings. The summed E-state index contributed by atoms with van der Waals surface area (Å²) in [6.07, 6.45) is 2.52. The minimum atomic E-state index is -3.59. The predicted molar refractivity (Wildman–Crippen MR) is 124 cm³/mol. The van der Waals surface area contributed by atoms with Crippen molar-refractivity contribution in [2.45, 2.75) is 33.2 Å². The zero-order valence-electron chi connectivity index (χ0n) is 18.2. The molecule has 0 unspecified atom stereocenters. The van der Waals surface area contributed by atoms with E-state index in [2.05, 4.69) is 15.5 Å². The zero-order chi connectivity index (χ0) is 23.2. The fourth-order valence-corrected chi connectivity index (χ4v) is 5.55. The Hall–Kier alpha value is -2.91. The van der Waals surface area contributed by atoms with Crippen LogP contribution in [0.4, 0.5) is 10.1 Å². The van der Waals surface area contributed by atoms with E-state index in [1.165, 1.54) is 18.3 Å². The fourth-order valence-electron chi connectivity index (χ4n) is 4.51. The van der Waals surface area contributed by atoms with Crippen LogP contribution in [0.25, 0.3) is 27.7 Å². The van der Waals surface area contributed by atoms with Crippen molar-refractivity contribution >= 4 is 38.2 Å². The van der Waals surface area contributed by atoms with E-state index in [4.69, 9.17) is 11.6 Å². The Kier molecular flexibility index (Phi) is 4.29. The average Bonchev–Trinajstić information content (AvgIpc) is 3.28. The van der Waals surface area contributed by atoms with E-state index in [1.54, 1.807) is 12.1 Å². The van der Waals surface area contributed by atoms with E-state index in [-0.39, 0.29) is 5.52 Å². The number of nitrogens with one attached hydrogen (secondary N) is 1. The maximum atomic E-state index is 14.7. The summed E-state index contributed by atoms with van der Waals surface area (Å²) in [7, 11) is -3.59. The van der Waals surface area contributed by atoms with E-state index in [0.29, 0.717) is 27.4 Å². The lowest BCUT2D eigenvalue weighted by Gasteiger charge is -2.35. The number of nitrogens with zero attached hydrogens (tertiary/aromatic N) is 4. The molecule has 0 bridgehead atoms. The molecule has 0 saturated heterocycles. The number of halogens is 2. The molecule has 1 aliphatic rings. The molecule has 0 spiro atoms. The van der Waals surface area contributed by atoms with Crippen LogP contribution >= 0.6 is 11.6 Å². The molecule has 1 aliphatic heterocycles. The molecular formula is C22H21ClFN5O2S. The Morgan fingerprint density at radius 3 is 2.53 bits per heavy atom. The molecule has 0 atom stereocenters. The summed E-state index contributed by atoms with van der Waals surface area (Å²) in [5, 5.41) is 13.1. The molecule has 5 rings (SSSR count). The first-order valence-corrected chi connectivity index (χ1v) is 12.2. The van der Waals surface area contributed by atoms with E-state index < -0.39 is 21.4 Å². The molecule has 2 aromatic carbocycles. The SMILES string of the molecule is Cc1c(-c2cc(F)cc3c2ccn3S(C)(=O)=O)cc(Cl)c2c1-n1c(C)nnc1C(C)(C)N2. The summed E-state index contributed by atoms with van der Waals surface area (Å²) in [6, 6.07) is 6.09. The van der Waals surface area contributed by atoms with Crippen LogP contribution in [0.15, 0.2) is 30.5 Å². The second-order valence-electron chi connectivity index (χ2n) is 8.67. The number of hydrogen-bond donors (Lipinski definition) is 1. The molecule has 32 heavy (non-hydrogen) atoms. The lowest BCUT2D eigenvalue weighted by molar-refractivity contribution is 0.535. The summed E-state index contributed by atoms with van der Waals surface area (Å²) < 4.78 is 42.1. The van der Waals surface area contributed by atoms with Crippen LogP contribution in [-0.4, -0.2) is 33.4 Å². The molecular weight excluding hydrogens is 453 g/mol. The number of aryl methyl sites for hydroxylation is 1. The lowest BCUT2D eigenvalue weighted by atomic mass is 9.92. The van der Waals surface area contributed by atoms with E-state index in [0.717, 1.165) is 33.0 Å². The highest BCUT2D eigenvalue weighted by atomic mass is 35.5. The third kappa shape index (κ3) is 2.87. The number of hydrogen-bond acceptors (Lipinski definition) is 5. The monoisotopic (exact) mass is 473 g/mol. The maximum absolute atomic E-state index is 14.7. The Morgan fingerprint density at radius 2 is 1.84 bits per heavy atom. The normalized spacial score (nSPS) is 14.8. The minimum absolute atomic E-state index is 0.274. The predicted octanol–water partition coefficient (Wildman–Crippen LogP) is 4.77. The van der Waals surface area contributed by atoms with Crippen molar-refractivity contribution in [2.75, 3.05) is 11.6 Å². The minimum Gasteiger partial charge on any atom is -0.370 e. The lowest BCUT2D eigenvalue weighted by Crippen LogP contribution is -2.36. The first-order chi connectivity index (χ1) is 14.9. The van der Waals surface area contributed by atoms with Crippen LogP contribution in [0, 0.1) is 19.7 Å². The number of benzene rings is 2. The first kappa shape index (κ1) is 21.0. The molecule has 2 aromatic heterocycles. The van der Waals surface area contributed by atoms with Gasteiger partial charge in [-0.25, -0.2) is 16.8 Å². The quantitative estimate of drug-likeness (QED) is 0.453. The van der Waals surface area contributed by atoms with Crippen LogP contribution < -0.4 is 5.32 Å². The zero-order valence-corrected chi connectivity index (χ0v) is 19.7. The Bertz CT molecular complexity index is 1550. The Labute approximate surface area is 189 Å². The van der Waals surface area contributed by atoms with Crippen LogP contribution in [0.1, 0.15) is 31.1 Å². The highest BCUT2D eigenvalue weighted by Crippen LogP contribution is 2.46. The van der Waals surface area contributed by atoms with E-state index in [1.807, 2.05) is 32.3 Å². The average molecular weight is 474 g/mol. The van der Waals surface area contributed by atoms with Gasteiger partial charge >= 0.3 is 0 Å². The third-order valence-corrected chi connectivity index (χ3v) is 7.27. The van der Waals surface area contributed by atoms with Crippen molar-refractivity contribution in [3.63, 3.8) is 0 Å². The van der Waals surface area contributed by atoms with Crippen molar-refractivity contribution < 1.29 is 12.8 Å². The number of rotatable bonds is 2. The number of fused-ring (bicyclic) bond motifs is 4. The van der Waals surface area contributed by atoms with Gasteiger partial charge < -0.3 is 5.32 Å². The highest BCUT2D eigenvalue weighted by Gasteiger charge is 2.36. The standard InChI is InChI=1S/C22H21ClFN5O2S/c1-11-15(16-8-13(24)9-18-14(16)6-7-28(18)32(5,30)31)10-17(23)19-20(11)29-12(2)26-27-21(29)22(3,4)25-19/h6-10,25H,1-5H3. The summed E-state index contributed by atoms with van der Waals surface area (Å²) in [5.74, 6) is 0.913. The van der Waals surface area contributed by atoms with Crippen LogP contribution in [-0.2, 0) is 15.6 Å². The molecule has 1 N–H and O–H groups in total. The van der Waals surface area contributed by atoms with Gasteiger partial charge in [0.25, 0.3) is 0 Å². The molecule has 0 saturated carbocycles. The molecule has 7 nitrogen and oxygen atoms in total. The Balaban J connectivity index is 1.86. The van der Waals surface area contributed by atoms with Gasteiger partial charge in [0.05, 0.1) is 33.7 Å². The topological polar surface area (TPSA) is 81.8 Å². The van der Waals surface area contributed by atoms with Crippen LogP contribution in [0.3, 0.4) is 0 Å². The van der Waals surface area contributed by atoms with Crippen molar-refractivity contribution in [1.82, 2.24) is 18.7 Å². The van der Waals surface area contributed by atoms with Crippen LogP contribution in [0.2, 0.25) is 5.02 Å². The number of anilines is 1. The Morgan fingerprint density at radius 1 is 1.12 bits per heavy atom. The molecule has 0 radical (unpaired) electrons. The summed E-state index contributed by atoms with van der Waals surface area (Å²) in [4.78, 5) is 0. The van der Waals surface area contributed by atoms with Crippen molar-refractivity contribution in [1.29, 1.82) is 0 Å². The smallest absolute Gasteiger partial charge is 0.236 e. The molecule has 0 amide bonds. The molecule has 166 valence electrons.